The Kier molecular flexibility index (Phi) is 5.57. The van der Waals surface area contributed by atoms with Gasteiger partial charge in [0.05, 0.1) is 6.10 Å². The molecule has 0 aromatic rings. The van der Waals surface area contributed by atoms with Crippen molar-refractivity contribution in [3.63, 3.8) is 0 Å². The van der Waals surface area contributed by atoms with Gasteiger partial charge in [0.15, 0.2) is 0 Å². The van der Waals surface area contributed by atoms with Crippen LogP contribution in [-0.4, -0.2) is 24.3 Å². The van der Waals surface area contributed by atoms with E-state index in [1.807, 2.05) is 19.1 Å². The fourth-order valence-electron chi connectivity index (χ4n) is 0.493. The molecule has 0 saturated carbocycles. The summed E-state index contributed by atoms with van der Waals surface area (Å²) in [6, 6.07) is 0. The average molecular weight is 129 g/mol. The van der Waals surface area contributed by atoms with E-state index in [1.54, 1.807) is 6.92 Å². The molecule has 1 unspecified atom stereocenters. The van der Waals surface area contributed by atoms with Crippen LogP contribution in [0.5, 0.6) is 0 Å². The molecule has 0 heterocycles. The zero-order valence-electron chi connectivity index (χ0n) is 6.09. The highest BCUT2D eigenvalue weighted by molar-refractivity contribution is 4.79. The van der Waals surface area contributed by atoms with Crippen LogP contribution in [0.1, 0.15) is 13.8 Å². The van der Waals surface area contributed by atoms with Gasteiger partial charge in [-0.3, -0.25) is 0 Å². The van der Waals surface area contributed by atoms with Gasteiger partial charge < -0.3 is 10.4 Å². The summed E-state index contributed by atoms with van der Waals surface area (Å²) in [5.74, 6) is 0. The molecule has 2 N–H and O–H groups in total. The predicted octanol–water partition coefficient (Wildman–Crippen LogP) is 0.533. The second kappa shape index (κ2) is 5.79. The van der Waals surface area contributed by atoms with Crippen molar-refractivity contribution in [1.82, 2.24) is 5.32 Å². The van der Waals surface area contributed by atoms with Gasteiger partial charge in [0, 0.05) is 13.1 Å². The predicted molar refractivity (Wildman–Crippen MR) is 39.4 cm³/mol. The van der Waals surface area contributed by atoms with Gasteiger partial charge in [0.25, 0.3) is 0 Å². The molecule has 0 radical (unpaired) electrons. The van der Waals surface area contributed by atoms with Gasteiger partial charge in [-0.1, -0.05) is 12.2 Å². The van der Waals surface area contributed by atoms with E-state index in [1.165, 1.54) is 0 Å². The van der Waals surface area contributed by atoms with E-state index >= 15 is 0 Å². The molecule has 0 saturated heterocycles. The van der Waals surface area contributed by atoms with Gasteiger partial charge >= 0.3 is 0 Å². The number of hydrogen-bond acceptors (Lipinski definition) is 2. The Labute approximate surface area is 56.6 Å². The van der Waals surface area contributed by atoms with Gasteiger partial charge in [-0.05, 0) is 13.8 Å². The molecular formula is C7H15NO. The summed E-state index contributed by atoms with van der Waals surface area (Å²) >= 11 is 0. The largest absolute Gasteiger partial charge is 0.392 e. The van der Waals surface area contributed by atoms with Crippen LogP contribution in [0.15, 0.2) is 12.2 Å². The highest BCUT2D eigenvalue weighted by Gasteiger charge is 1.89. The Balaban J connectivity index is 2.91. The molecular weight excluding hydrogens is 114 g/mol. The van der Waals surface area contributed by atoms with Crippen molar-refractivity contribution >= 4 is 0 Å². The maximum atomic E-state index is 8.77. The van der Waals surface area contributed by atoms with E-state index in [0.717, 1.165) is 6.54 Å². The normalized spacial score (nSPS) is 14.6. The first-order valence-electron chi connectivity index (χ1n) is 3.27. The number of rotatable bonds is 4. The van der Waals surface area contributed by atoms with Crippen LogP contribution in [0.2, 0.25) is 0 Å². The Bertz CT molecular complexity index is 79.0. The van der Waals surface area contributed by atoms with Crippen LogP contribution < -0.4 is 5.32 Å². The van der Waals surface area contributed by atoms with Crippen LogP contribution in [0, 0.1) is 0 Å². The van der Waals surface area contributed by atoms with Crippen LogP contribution in [0.25, 0.3) is 0 Å². The summed E-state index contributed by atoms with van der Waals surface area (Å²) in [5.41, 5.74) is 0. The molecule has 0 bridgehead atoms. The lowest BCUT2D eigenvalue weighted by Crippen LogP contribution is -2.24. The van der Waals surface area contributed by atoms with Gasteiger partial charge in [-0.2, -0.15) is 0 Å². The molecule has 0 spiro atoms. The van der Waals surface area contributed by atoms with E-state index in [2.05, 4.69) is 5.32 Å². The van der Waals surface area contributed by atoms with Gasteiger partial charge in [0.2, 0.25) is 0 Å². The van der Waals surface area contributed by atoms with E-state index in [9.17, 15) is 0 Å². The number of hydrogen-bond donors (Lipinski definition) is 2. The lowest BCUT2D eigenvalue weighted by atomic mass is 10.4. The van der Waals surface area contributed by atoms with Crippen molar-refractivity contribution in [2.75, 3.05) is 13.1 Å². The number of allylic oxidation sites excluding steroid dienone is 1. The SMILES string of the molecule is C/C=C/CNCC(C)O. The van der Waals surface area contributed by atoms with Crippen molar-refractivity contribution in [3.05, 3.63) is 12.2 Å². The van der Waals surface area contributed by atoms with Crippen molar-refractivity contribution in [3.8, 4) is 0 Å². The Hall–Kier alpha value is -0.340. The number of nitrogens with one attached hydrogen (secondary N) is 1. The van der Waals surface area contributed by atoms with Crippen LogP contribution in [0.4, 0.5) is 0 Å². The molecule has 0 aromatic carbocycles. The Morgan fingerprint density at radius 2 is 2.33 bits per heavy atom. The van der Waals surface area contributed by atoms with Crippen LogP contribution in [-0.2, 0) is 0 Å². The van der Waals surface area contributed by atoms with Crippen molar-refractivity contribution in [1.29, 1.82) is 0 Å². The summed E-state index contributed by atoms with van der Waals surface area (Å²) in [6.07, 6.45) is 3.76. The lowest BCUT2D eigenvalue weighted by molar-refractivity contribution is 0.193. The molecule has 0 aliphatic heterocycles. The summed E-state index contributed by atoms with van der Waals surface area (Å²) in [5, 5.41) is 11.8. The second-order valence-electron chi connectivity index (χ2n) is 2.08. The number of aliphatic hydroxyl groups excluding tert-OH is 1. The maximum absolute atomic E-state index is 8.77. The van der Waals surface area contributed by atoms with Crippen molar-refractivity contribution in [2.24, 2.45) is 0 Å². The summed E-state index contributed by atoms with van der Waals surface area (Å²) in [4.78, 5) is 0. The standard InChI is InChI=1S/C7H15NO/c1-3-4-5-8-6-7(2)9/h3-4,7-9H,5-6H2,1-2H3/b4-3+. The fraction of sp³-hybridized carbons (Fsp3) is 0.714. The monoisotopic (exact) mass is 129 g/mol. The minimum atomic E-state index is -0.241. The highest BCUT2D eigenvalue weighted by Crippen LogP contribution is 1.74. The van der Waals surface area contributed by atoms with Crippen molar-refractivity contribution in [2.45, 2.75) is 20.0 Å². The fourth-order valence-corrected chi connectivity index (χ4v) is 0.493. The first kappa shape index (κ1) is 8.66. The third-order valence-electron chi connectivity index (χ3n) is 0.938. The third-order valence-corrected chi connectivity index (χ3v) is 0.938. The molecule has 0 aromatic heterocycles. The lowest BCUT2D eigenvalue weighted by Gasteiger charge is -2.02. The van der Waals surface area contributed by atoms with Gasteiger partial charge in [-0.25, -0.2) is 0 Å². The quantitative estimate of drug-likeness (QED) is 0.429. The molecule has 9 heavy (non-hydrogen) atoms. The molecule has 0 amide bonds. The topological polar surface area (TPSA) is 32.3 Å². The molecule has 1 atom stereocenters. The molecule has 54 valence electrons. The maximum Gasteiger partial charge on any atom is 0.0636 e. The molecule has 2 heteroatoms. The van der Waals surface area contributed by atoms with Crippen molar-refractivity contribution < 1.29 is 5.11 Å². The zero-order valence-corrected chi connectivity index (χ0v) is 6.09. The molecule has 0 fully saturated rings. The summed E-state index contributed by atoms with van der Waals surface area (Å²) in [6.45, 7) is 5.26. The van der Waals surface area contributed by atoms with Gasteiger partial charge in [-0.15, -0.1) is 0 Å². The van der Waals surface area contributed by atoms with Crippen LogP contribution in [0.3, 0.4) is 0 Å². The van der Waals surface area contributed by atoms with E-state index in [-0.39, 0.29) is 6.10 Å². The first-order valence-corrected chi connectivity index (χ1v) is 3.27. The third kappa shape index (κ3) is 7.66. The smallest absolute Gasteiger partial charge is 0.0636 e. The number of aliphatic hydroxyl groups is 1. The second-order valence-corrected chi connectivity index (χ2v) is 2.08. The Morgan fingerprint density at radius 1 is 1.67 bits per heavy atom. The average Bonchev–Trinajstić information content (AvgIpc) is 1.80. The van der Waals surface area contributed by atoms with E-state index in [0.29, 0.717) is 6.54 Å². The summed E-state index contributed by atoms with van der Waals surface area (Å²) in [7, 11) is 0. The van der Waals surface area contributed by atoms with E-state index < -0.39 is 0 Å². The van der Waals surface area contributed by atoms with Crippen LogP contribution >= 0.6 is 0 Å². The minimum Gasteiger partial charge on any atom is -0.392 e. The first-order chi connectivity index (χ1) is 4.27. The highest BCUT2D eigenvalue weighted by atomic mass is 16.3. The van der Waals surface area contributed by atoms with Gasteiger partial charge in [0.1, 0.15) is 0 Å². The zero-order chi connectivity index (χ0) is 7.11. The minimum absolute atomic E-state index is 0.241. The molecule has 2 nitrogen and oxygen atoms in total. The molecule has 0 rings (SSSR count). The van der Waals surface area contributed by atoms with E-state index in [4.69, 9.17) is 5.11 Å². The molecule has 0 aliphatic carbocycles. The summed E-state index contributed by atoms with van der Waals surface area (Å²) < 4.78 is 0. The molecule has 0 aliphatic rings. The Morgan fingerprint density at radius 3 is 2.78 bits per heavy atom.